The van der Waals surface area contributed by atoms with E-state index in [0.717, 1.165) is 23.3 Å². The molecule has 0 aliphatic carbocycles. The summed E-state index contributed by atoms with van der Waals surface area (Å²) in [7, 11) is 1.81. The Bertz CT molecular complexity index is 719. The van der Waals surface area contributed by atoms with Crippen molar-refractivity contribution >= 4 is 29.2 Å². The summed E-state index contributed by atoms with van der Waals surface area (Å²) >= 11 is 11.9. The molecule has 0 bridgehead atoms. The Morgan fingerprint density at radius 2 is 1.76 bits per heavy atom. The zero-order valence-corrected chi connectivity index (χ0v) is 15.7. The van der Waals surface area contributed by atoms with E-state index in [1.54, 1.807) is 12.1 Å². The SMILES string of the molecule is CC(Cc1ccc(OCc2ccc(Cl)c(Cl)c2)cc1)N(C)CC(=O)O. The van der Waals surface area contributed by atoms with Crippen LogP contribution in [0.25, 0.3) is 0 Å². The number of aliphatic carboxylic acids is 1. The summed E-state index contributed by atoms with van der Waals surface area (Å²) in [5.41, 5.74) is 2.08. The van der Waals surface area contributed by atoms with Crippen LogP contribution in [0.4, 0.5) is 0 Å². The van der Waals surface area contributed by atoms with Gasteiger partial charge in [0.1, 0.15) is 12.4 Å². The van der Waals surface area contributed by atoms with Crippen molar-refractivity contribution < 1.29 is 14.6 Å². The lowest BCUT2D eigenvalue weighted by molar-refractivity contribution is -0.138. The molecule has 0 aliphatic heterocycles. The maximum Gasteiger partial charge on any atom is 0.317 e. The van der Waals surface area contributed by atoms with Gasteiger partial charge in [-0.1, -0.05) is 41.4 Å². The monoisotopic (exact) mass is 381 g/mol. The minimum atomic E-state index is -0.819. The maximum atomic E-state index is 10.8. The first-order valence-corrected chi connectivity index (χ1v) is 8.68. The normalized spacial score (nSPS) is 12.2. The Hall–Kier alpha value is -1.75. The van der Waals surface area contributed by atoms with Gasteiger partial charge in [-0.3, -0.25) is 9.69 Å². The molecule has 1 atom stereocenters. The third kappa shape index (κ3) is 6.24. The second-order valence-corrected chi connectivity index (χ2v) is 6.86. The summed E-state index contributed by atoms with van der Waals surface area (Å²) < 4.78 is 5.76. The molecule has 25 heavy (non-hydrogen) atoms. The number of hydrogen-bond donors (Lipinski definition) is 1. The van der Waals surface area contributed by atoms with Crippen molar-refractivity contribution in [2.24, 2.45) is 0 Å². The van der Waals surface area contributed by atoms with Crippen LogP contribution in [0, 0.1) is 0 Å². The van der Waals surface area contributed by atoms with Crippen LogP contribution in [0.1, 0.15) is 18.1 Å². The molecule has 0 aliphatic rings. The quantitative estimate of drug-likeness (QED) is 0.729. The molecule has 0 spiro atoms. The molecular weight excluding hydrogens is 361 g/mol. The second kappa shape index (κ2) is 9.09. The lowest BCUT2D eigenvalue weighted by atomic mass is 10.1. The number of likely N-dealkylation sites (N-methyl/N-ethyl adjacent to an activating group) is 1. The van der Waals surface area contributed by atoms with Gasteiger partial charge in [0, 0.05) is 6.04 Å². The highest BCUT2D eigenvalue weighted by molar-refractivity contribution is 6.42. The zero-order chi connectivity index (χ0) is 18.4. The molecule has 134 valence electrons. The van der Waals surface area contributed by atoms with E-state index in [1.807, 2.05) is 49.2 Å². The Kier molecular flexibility index (Phi) is 7.12. The van der Waals surface area contributed by atoms with Crippen molar-refractivity contribution in [1.29, 1.82) is 0 Å². The van der Waals surface area contributed by atoms with Crippen molar-refractivity contribution in [3.05, 3.63) is 63.6 Å². The molecule has 0 aromatic heterocycles. The zero-order valence-electron chi connectivity index (χ0n) is 14.2. The summed E-state index contributed by atoms with van der Waals surface area (Å²) in [4.78, 5) is 12.6. The first-order chi connectivity index (χ1) is 11.8. The largest absolute Gasteiger partial charge is 0.489 e. The summed E-state index contributed by atoms with van der Waals surface area (Å²) in [5.74, 6) is -0.0539. The molecule has 1 unspecified atom stereocenters. The van der Waals surface area contributed by atoms with Crippen LogP contribution in [0.3, 0.4) is 0 Å². The van der Waals surface area contributed by atoms with Gasteiger partial charge >= 0.3 is 5.97 Å². The first kappa shape index (κ1) is 19.6. The summed E-state index contributed by atoms with van der Waals surface area (Å²) in [6.45, 7) is 2.46. The van der Waals surface area contributed by atoms with Crippen LogP contribution in [-0.4, -0.2) is 35.6 Å². The number of benzene rings is 2. The number of carboxylic acid groups (broad SMARTS) is 1. The van der Waals surface area contributed by atoms with Crippen molar-refractivity contribution in [3.8, 4) is 5.75 Å². The molecule has 0 amide bonds. The van der Waals surface area contributed by atoms with Crippen LogP contribution < -0.4 is 4.74 Å². The number of carbonyl (C=O) groups is 1. The summed E-state index contributed by atoms with van der Waals surface area (Å²) in [5, 5.41) is 9.88. The lowest BCUT2D eigenvalue weighted by Crippen LogP contribution is -2.35. The number of rotatable bonds is 8. The van der Waals surface area contributed by atoms with E-state index in [-0.39, 0.29) is 12.6 Å². The van der Waals surface area contributed by atoms with Gasteiger partial charge < -0.3 is 9.84 Å². The number of hydrogen-bond acceptors (Lipinski definition) is 3. The fraction of sp³-hybridized carbons (Fsp3) is 0.316. The molecule has 1 N–H and O–H groups in total. The van der Waals surface area contributed by atoms with Gasteiger partial charge in [-0.05, 0) is 55.8 Å². The molecule has 2 aromatic rings. The number of nitrogens with zero attached hydrogens (tertiary/aromatic N) is 1. The van der Waals surface area contributed by atoms with E-state index in [4.69, 9.17) is 33.0 Å². The lowest BCUT2D eigenvalue weighted by Gasteiger charge is -2.22. The van der Waals surface area contributed by atoms with E-state index in [9.17, 15) is 4.79 Å². The van der Waals surface area contributed by atoms with Gasteiger partial charge in [0.25, 0.3) is 0 Å². The average molecular weight is 382 g/mol. The van der Waals surface area contributed by atoms with Gasteiger partial charge in [-0.25, -0.2) is 0 Å². The predicted octanol–water partition coefficient (Wildman–Crippen LogP) is 4.52. The highest BCUT2D eigenvalue weighted by Crippen LogP contribution is 2.23. The number of carboxylic acids is 1. The van der Waals surface area contributed by atoms with Crippen molar-refractivity contribution in [3.63, 3.8) is 0 Å². The standard InChI is InChI=1S/C19H21Cl2NO3/c1-13(22(2)11-19(23)24)9-14-3-6-16(7-4-14)25-12-15-5-8-17(20)18(21)10-15/h3-8,10,13H,9,11-12H2,1-2H3,(H,23,24). The van der Waals surface area contributed by atoms with Crippen molar-refractivity contribution in [2.75, 3.05) is 13.6 Å². The Balaban J connectivity index is 1.88. The van der Waals surface area contributed by atoms with Crippen LogP contribution in [-0.2, 0) is 17.8 Å². The molecule has 0 saturated carbocycles. The molecule has 6 heteroatoms. The van der Waals surface area contributed by atoms with Crippen LogP contribution in [0.2, 0.25) is 10.0 Å². The van der Waals surface area contributed by atoms with Crippen LogP contribution in [0.15, 0.2) is 42.5 Å². The predicted molar refractivity (Wildman–Crippen MR) is 101 cm³/mol. The van der Waals surface area contributed by atoms with Crippen LogP contribution >= 0.6 is 23.2 Å². The minimum Gasteiger partial charge on any atom is -0.489 e. The highest BCUT2D eigenvalue weighted by Gasteiger charge is 2.13. The molecule has 0 saturated heterocycles. The van der Waals surface area contributed by atoms with Gasteiger partial charge in [-0.15, -0.1) is 0 Å². The molecule has 2 rings (SSSR count). The third-order valence-electron chi connectivity index (χ3n) is 3.98. The fourth-order valence-corrected chi connectivity index (χ4v) is 2.70. The topological polar surface area (TPSA) is 49.8 Å². The second-order valence-electron chi connectivity index (χ2n) is 6.04. The maximum absolute atomic E-state index is 10.8. The van der Waals surface area contributed by atoms with Crippen molar-refractivity contribution in [1.82, 2.24) is 4.90 Å². The molecule has 2 aromatic carbocycles. The molecular formula is C19H21Cl2NO3. The Labute approximate surface area is 157 Å². The number of halogens is 2. The molecule has 4 nitrogen and oxygen atoms in total. The fourth-order valence-electron chi connectivity index (χ4n) is 2.38. The highest BCUT2D eigenvalue weighted by atomic mass is 35.5. The summed E-state index contributed by atoms with van der Waals surface area (Å²) in [6.07, 6.45) is 0.775. The number of ether oxygens (including phenoxy) is 1. The third-order valence-corrected chi connectivity index (χ3v) is 4.72. The molecule has 0 fully saturated rings. The van der Waals surface area contributed by atoms with Gasteiger partial charge in [0.2, 0.25) is 0 Å². The van der Waals surface area contributed by atoms with Gasteiger partial charge in [-0.2, -0.15) is 0 Å². The van der Waals surface area contributed by atoms with Gasteiger partial charge in [0.15, 0.2) is 0 Å². The molecule has 0 radical (unpaired) electrons. The van der Waals surface area contributed by atoms with E-state index in [0.29, 0.717) is 16.7 Å². The Morgan fingerprint density at radius 1 is 1.12 bits per heavy atom. The first-order valence-electron chi connectivity index (χ1n) is 7.93. The summed E-state index contributed by atoms with van der Waals surface area (Å²) in [6, 6.07) is 13.4. The van der Waals surface area contributed by atoms with Gasteiger partial charge in [0.05, 0.1) is 16.6 Å². The van der Waals surface area contributed by atoms with E-state index < -0.39 is 5.97 Å². The van der Waals surface area contributed by atoms with E-state index in [1.165, 1.54) is 0 Å². The van der Waals surface area contributed by atoms with Crippen LogP contribution in [0.5, 0.6) is 5.75 Å². The van der Waals surface area contributed by atoms with E-state index in [2.05, 4.69) is 0 Å². The minimum absolute atomic E-state index is 0.0337. The smallest absolute Gasteiger partial charge is 0.317 e. The Morgan fingerprint density at radius 3 is 2.36 bits per heavy atom. The molecule has 0 heterocycles. The van der Waals surface area contributed by atoms with E-state index >= 15 is 0 Å². The van der Waals surface area contributed by atoms with Crippen molar-refractivity contribution in [2.45, 2.75) is 26.0 Å². The average Bonchev–Trinajstić information content (AvgIpc) is 2.56.